The summed E-state index contributed by atoms with van der Waals surface area (Å²) < 4.78 is 11.8. The van der Waals surface area contributed by atoms with Gasteiger partial charge in [0.05, 0.1) is 41.7 Å². The summed E-state index contributed by atoms with van der Waals surface area (Å²) in [7, 11) is 0. The van der Waals surface area contributed by atoms with Gasteiger partial charge in [0.15, 0.2) is 0 Å². The minimum absolute atomic E-state index is 0.0412. The number of carbonyl (C=O) groups is 1. The molecule has 0 bridgehead atoms. The average Bonchev–Trinajstić information content (AvgIpc) is 3.37. The molecule has 3 aliphatic heterocycles. The highest BCUT2D eigenvalue weighted by Gasteiger charge is 2.33. The Hall–Kier alpha value is -3.26. The summed E-state index contributed by atoms with van der Waals surface area (Å²) >= 11 is 0. The van der Waals surface area contributed by atoms with Gasteiger partial charge in [-0.3, -0.25) is 9.78 Å². The number of fused-ring (bicyclic) bond motifs is 2. The molecule has 8 heteroatoms. The summed E-state index contributed by atoms with van der Waals surface area (Å²) in [5, 5.41) is 1.13. The topological polar surface area (TPSA) is 80.7 Å². The third-order valence-electron chi connectivity index (χ3n) is 7.21. The molecule has 2 saturated heterocycles. The van der Waals surface area contributed by atoms with Gasteiger partial charge in [0, 0.05) is 50.4 Å². The minimum Gasteiger partial charge on any atom is -0.472 e. The van der Waals surface area contributed by atoms with Crippen molar-refractivity contribution in [3.8, 4) is 5.88 Å². The SMILES string of the molecule is O=C(C1CCOCC1)N1CCC(Oc2ncnc3c2CN(c2cnc4ccccc4c2)CC3)C1. The minimum atomic E-state index is -0.0412. The monoisotopic (exact) mass is 459 g/mol. The number of amides is 1. The molecule has 34 heavy (non-hydrogen) atoms. The van der Waals surface area contributed by atoms with E-state index < -0.39 is 0 Å². The number of rotatable bonds is 4. The van der Waals surface area contributed by atoms with E-state index in [0.29, 0.717) is 32.2 Å². The molecule has 3 aromatic rings. The van der Waals surface area contributed by atoms with E-state index in [2.05, 4.69) is 32.0 Å². The van der Waals surface area contributed by atoms with Crippen LogP contribution in [0, 0.1) is 5.92 Å². The molecule has 0 saturated carbocycles. The van der Waals surface area contributed by atoms with Crippen LogP contribution in [-0.2, 0) is 22.5 Å². The zero-order valence-electron chi connectivity index (χ0n) is 19.2. The van der Waals surface area contributed by atoms with Crippen molar-refractivity contribution < 1.29 is 14.3 Å². The van der Waals surface area contributed by atoms with Gasteiger partial charge in [-0.2, -0.15) is 0 Å². The number of hydrogen-bond donors (Lipinski definition) is 0. The van der Waals surface area contributed by atoms with Gasteiger partial charge in [-0.25, -0.2) is 9.97 Å². The van der Waals surface area contributed by atoms with Crippen LogP contribution in [-0.4, -0.2) is 64.7 Å². The number of ether oxygens (including phenoxy) is 2. The second-order valence-electron chi connectivity index (χ2n) is 9.36. The predicted molar refractivity (Wildman–Crippen MR) is 128 cm³/mol. The largest absolute Gasteiger partial charge is 0.472 e. The number of para-hydroxylation sites is 1. The van der Waals surface area contributed by atoms with Crippen LogP contribution < -0.4 is 9.64 Å². The van der Waals surface area contributed by atoms with Crippen LogP contribution in [0.15, 0.2) is 42.9 Å². The predicted octanol–water partition coefficient (Wildman–Crippen LogP) is 2.99. The molecule has 1 unspecified atom stereocenters. The third kappa shape index (κ3) is 4.18. The van der Waals surface area contributed by atoms with E-state index in [0.717, 1.165) is 66.6 Å². The quantitative estimate of drug-likeness (QED) is 0.593. The van der Waals surface area contributed by atoms with Crippen LogP contribution in [0.25, 0.3) is 10.9 Å². The van der Waals surface area contributed by atoms with Gasteiger partial charge in [0.25, 0.3) is 0 Å². The smallest absolute Gasteiger partial charge is 0.225 e. The first-order chi connectivity index (χ1) is 16.7. The first kappa shape index (κ1) is 21.3. The lowest BCUT2D eigenvalue weighted by atomic mass is 9.99. The number of benzene rings is 1. The Balaban J connectivity index is 1.16. The Labute approximate surface area is 198 Å². The van der Waals surface area contributed by atoms with Crippen molar-refractivity contribution in [2.45, 2.75) is 38.3 Å². The summed E-state index contributed by atoms with van der Waals surface area (Å²) in [5.74, 6) is 0.978. The molecule has 8 nitrogen and oxygen atoms in total. The molecule has 5 heterocycles. The number of hydrogen-bond acceptors (Lipinski definition) is 7. The van der Waals surface area contributed by atoms with E-state index in [1.807, 2.05) is 29.3 Å². The summed E-state index contributed by atoms with van der Waals surface area (Å²) in [6.45, 7) is 4.28. The fourth-order valence-electron chi connectivity index (χ4n) is 5.25. The molecule has 0 aliphatic carbocycles. The molecule has 0 N–H and O–H groups in total. The molecular weight excluding hydrogens is 430 g/mol. The normalized spacial score (nSPS) is 21.0. The van der Waals surface area contributed by atoms with Gasteiger partial charge < -0.3 is 19.3 Å². The average molecular weight is 460 g/mol. The summed E-state index contributed by atoms with van der Waals surface area (Å²) in [4.78, 5) is 30.8. The Morgan fingerprint density at radius 1 is 1.06 bits per heavy atom. The van der Waals surface area contributed by atoms with Crippen molar-refractivity contribution in [1.82, 2.24) is 19.9 Å². The van der Waals surface area contributed by atoms with E-state index in [4.69, 9.17) is 9.47 Å². The van der Waals surface area contributed by atoms with Crippen molar-refractivity contribution in [2.24, 2.45) is 5.92 Å². The van der Waals surface area contributed by atoms with Crippen LogP contribution in [0.5, 0.6) is 5.88 Å². The number of carbonyl (C=O) groups excluding carboxylic acids is 1. The zero-order valence-corrected chi connectivity index (χ0v) is 19.2. The van der Waals surface area contributed by atoms with Gasteiger partial charge in [-0.05, 0) is 25.0 Å². The van der Waals surface area contributed by atoms with E-state index in [-0.39, 0.29) is 17.9 Å². The second-order valence-corrected chi connectivity index (χ2v) is 9.36. The van der Waals surface area contributed by atoms with Crippen molar-refractivity contribution in [3.63, 3.8) is 0 Å². The van der Waals surface area contributed by atoms with E-state index in [1.54, 1.807) is 6.33 Å². The maximum absolute atomic E-state index is 12.9. The molecule has 3 aliphatic rings. The van der Waals surface area contributed by atoms with Gasteiger partial charge in [-0.1, -0.05) is 18.2 Å². The number of pyridine rings is 1. The molecule has 6 rings (SSSR count). The third-order valence-corrected chi connectivity index (χ3v) is 7.21. The summed E-state index contributed by atoms with van der Waals surface area (Å²) in [6, 6.07) is 10.4. The first-order valence-electron chi connectivity index (χ1n) is 12.2. The molecule has 1 atom stereocenters. The highest BCUT2D eigenvalue weighted by molar-refractivity contribution is 5.81. The first-order valence-corrected chi connectivity index (χ1v) is 12.2. The molecule has 2 aromatic heterocycles. The van der Waals surface area contributed by atoms with Crippen LogP contribution in [0.3, 0.4) is 0 Å². The van der Waals surface area contributed by atoms with Crippen LogP contribution >= 0.6 is 0 Å². The maximum Gasteiger partial charge on any atom is 0.225 e. The molecule has 1 amide bonds. The van der Waals surface area contributed by atoms with Crippen LogP contribution in [0.2, 0.25) is 0 Å². The van der Waals surface area contributed by atoms with Gasteiger partial charge in [0.1, 0.15) is 12.4 Å². The Kier molecular flexibility index (Phi) is 5.74. The fourth-order valence-corrected chi connectivity index (χ4v) is 5.25. The van der Waals surface area contributed by atoms with Gasteiger partial charge >= 0.3 is 0 Å². The molecule has 0 radical (unpaired) electrons. The van der Waals surface area contributed by atoms with Crippen molar-refractivity contribution >= 4 is 22.5 Å². The summed E-state index contributed by atoms with van der Waals surface area (Å²) in [5.41, 5.74) is 4.17. The zero-order chi connectivity index (χ0) is 22.9. The summed E-state index contributed by atoms with van der Waals surface area (Å²) in [6.07, 6.45) is 6.79. The van der Waals surface area contributed by atoms with Crippen LogP contribution in [0.1, 0.15) is 30.5 Å². The Morgan fingerprint density at radius 3 is 2.85 bits per heavy atom. The van der Waals surface area contributed by atoms with Gasteiger partial charge in [0.2, 0.25) is 11.8 Å². The van der Waals surface area contributed by atoms with E-state index >= 15 is 0 Å². The number of likely N-dealkylation sites (tertiary alicyclic amines) is 1. The standard InChI is InChI=1S/C26H29N5O3/c32-26(18-7-11-33-12-8-18)31-9-5-21(15-31)34-25-22-16-30(10-6-24(22)28-17-29-25)20-13-19-3-1-2-4-23(19)27-14-20/h1-4,13-14,17-18,21H,5-12,15-16H2. The lowest BCUT2D eigenvalue weighted by Crippen LogP contribution is -2.38. The van der Waals surface area contributed by atoms with Gasteiger partial charge in [-0.15, -0.1) is 0 Å². The number of anilines is 1. The van der Waals surface area contributed by atoms with E-state index in [9.17, 15) is 4.79 Å². The second kappa shape index (κ2) is 9.18. The molecule has 1 aromatic carbocycles. The van der Waals surface area contributed by atoms with Crippen molar-refractivity contribution in [3.05, 3.63) is 54.1 Å². The highest BCUT2D eigenvalue weighted by atomic mass is 16.5. The van der Waals surface area contributed by atoms with Crippen molar-refractivity contribution in [1.29, 1.82) is 0 Å². The molecule has 0 spiro atoms. The van der Waals surface area contributed by atoms with Crippen molar-refractivity contribution in [2.75, 3.05) is 37.7 Å². The lowest BCUT2D eigenvalue weighted by Gasteiger charge is -2.31. The molecular formula is C26H29N5O3. The lowest BCUT2D eigenvalue weighted by molar-refractivity contribution is -0.137. The fraction of sp³-hybridized carbons (Fsp3) is 0.462. The molecule has 2 fully saturated rings. The van der Waals surface area contributed by atoms with E-state index in [1.165, 1.54) is 0 Å². The maximum atomic E-state index is 12.9. The highest BCUT2D eigenvalue weighted by Crippen LogP contribution is 2.31. The Morgan fingerprint density at radius 2 is 1.94 bits per heavy atom. The number of aromatic nitrogens is 3. The Bertz CT molecular complexity index is 1200. The number of nitrogens with zero attached hydrogens (tertiary/aromatic N) is 5. The molecule has 176 valence electrons. The van der Waals surface area contributed by atoms with Crippen LogP contribution in [0.4, 0.5) is 5.69 Å².